The van der Waals surface area contributed by atoms with Crippen LogP contribution in [-0.2, 0) is 0 Å². The van der Waals surface area contributed by atoms with Crippen molar-refractivity contribution in [3.8, 4) is 45.4 Å². The third-order valence-electron chi connectivity index (χ3n) is 6.48. The van der Waals surface area contributed by atoms with Crippen molar-refractivity contribution >= 4 is 23.1 Å². The minimum Gasteiger partial charge on any atom is -0.458 e. The van der Waals surface area contributed by atoms with Crippen molar-refractivity contribution in [1.29, 1.82) is 0 Å². The maximum Gasteiger partial charge on any atom is 0.260 e. The second-order valence-corrected chi connectivity index (χ2v) is 8.36. The number of fused-ring (bicyclic) bond motifs is 4. The lowest BCUT2D eigenvalue weighted by atomic mass is 9.34. The molecule has 3 heterocycles. The number of ether oxygens (including phenoxy) is 2. The Morgan fingerprint density at radius 2 is 1.27 bits per heavy atom. The van der Waals surface area contributed by atoms with Crippen LogP contribution in [0.5, 0.6) is 23.0 Å². The number of hydrogen-bond donors (Lipinski definition) is 0. The summed E-state index contributed by atoms with van der Waals surface area (Å²) in [5, 5.41) is 0. The fourth-order valence-electron chi connectivity index (χ4n) is 4.96. The molecule has 0 atom stereocenters. The summed E-state index contributed by atoms with van der Waals surface area (Å²) in [6, 6.07) is 35.1. The van der Waals surface area contributed by atoms with Gasteiger partial charge >= 0.3 is 0 Å². The SMILES string of the molecule is c1ccc(-c2ccc(-c3cccc4c3Oc3cccc5c3B4c3ccccc3O5)nc2)cc1. The highest BCUT2D eigenvalue weighted by atomic mass is 16.5. The molecular formula is C29H18BNO2. The zero-order chi connectivity index (χ0) is 21.8. The average Bonchev–Trinajstić information content (AvgIpc) is 2.89. The molecule has 0 amide bonds. The van der Waals surface area contributed by atoms with Gasteiger partial charge in [-0.05, 0) is 46.8 Å². The van der Waals surface area contributed by atoms with Gasteiger partial charge in [0.15, 0.2) is 0 Å². The number of hydrogen-bond acceptors (Lipinski definition) is 3. The molecule has 0 unspecified atom stereocenters. The molecule has 2 aliphatic heterocycles. The molecule has 2 aliphatic rings. The monoisotopic (exact) mass is 423 g/mol. The van der Waals surface area contributed by atoms with Gasteiger partial charge in [0.25, 0.3) is 6.71 Å². The van der Waals surface area contributed by atoms with Crippen molar-refractivity contribution in [1.82, 2.24) is 4.98 Å². The van der Waals surface area contributed by atoms with Crippen LogP contribution in [0.4, 0.5) is 0 Å². The van der Waals surface area contributed by atoms with Crippen molar-refractivity contribution in [2.24, 2.45) is 0 Å². The van der Waals surface area contributed by atoms with Crippen LogP contribution in [0.1, 0.15) is 0 Å². The Hall–Kier alpha value is -4.31. The fourth-order valence-corrected chi connectivity index (χ4v) is 4.96. The minimum absolute atomic E-state index is 0.0634. The maximum absolute atomic E-state index is 6.52. The van der Waals surface area contributed by atoms with Gasteiger partial charge in [0.1, 0.15) is 23.0 Å². The highest BCUT2D eigenvalue weighted by Gasteiger charge is 2.40. The largest absolute Gasteiger partial charge is 0.458 e. The van der Waals surface area contributed by atoms with Crippen LogP contribution in [0, 0.1) is 0 Å². The van der Waals surface area contributed by atoms with Gasteiger partial charge in [0.2, 0.25) is 0 Å². The Bertz CT molecular complexity index is 1510. The van der Waals surface area contributed by atoms with Crippen LogP contribution in [0.3, 0.4) is 0 Å². The quantitative estimate of drug-likeness (QED) is 0.361. The van der Waals surface area contributed by atoms with Crippen molar-refractivity contribution < 1.29 is 9.47 Å². The molecule has 4 aromatic carbocycles. The highest BCUT2D eigenvalue weighted by Crippen LogP contribution is 2.38. The highest BCUT2D eigenvalue weighted by molar-refractivity contribution is 6.98. The van der Waals surface area contributed by atoms with Gasteiger partial charge in [-0.25, -0.2) is 0 Å². The van der Waals surface area contributed by atoms with Crippen molar-refractivity contribution in [3.05, 3.63) is 109 Å². The normalized spacial score (nSPS) is 12.7. The summed E-state index contributed by atoms with van der Waals surface area (Å²) in [7, 11) is 0. The third kappa shape index (κ3) is 2.81. The first-order valence-electron chi connectivity index (χ1n) is 11.1. The van der Waals surface area contributed by atoms with Crippen LogP contribution < -0.4 is 25.9 Å². The first kappa shape index (κ1) is 18.3. The van der Waals surface area contributed by atoms with E-state index in [1.807, 2.05) is 54.7 Å². The zero-order valence-corrected chi connectivity index (χ0v) is 17.7. The van der Waals surface area contributed by atoms with Gasteiger partial charge in [0, 0.05) is 22.8 Å². The molecule has 0 spiro atoms. The molecule has 3 nitrogen and oxygen atoms in total. The Morgan fingerprint density at radius 3 is 2.12 bits per heavy atom. The molecule has 4 heteroatoms. The Labute approximate surface area is 192 Å². The summed E-state index contributed by atoms with van der Waals surface area (Å²) in [5.41, 5.74) is 7.53. The molecule has 0 N–H and O–H groups in total. The lowest BCUT2D eigenvalue weighted by Gasteiger charge is -2.33. The summed E-state index contributed by atoms with van der Waals surface area (Å²) in [4.78, 5) is 4.81. The summed E-state index contributed by atoms with van der Waals surface area (Å²) >= 11 is 0. The topological polar surface area (TPSA) is 31.4 Å². The van der Waals surface area contributed by atoms with Gasteiger partial charge in [-0.2, -0.15) is 0 Å². The Morgan fingerprint density at radius 1 is 0.545 bits per heavy atom. The first-order chi connectivity index (χ1) is 16.4. The zero-order valence-electron chi connectivity index (χ0n) is 17.7. The van der Waals surface area contributed by atoms with Crippen LogP contribution in [0.2, 0.25) is 0 Å². The van der Waals surface area contributed by atoms with E-state index in [1.54, 1.807) is 0 Å². The number of nitrogens with zero attached hydrogens (tertiary/aromatic N) is 1. The van der Waals surface area contributed by atoms with Crippen LogP contribution in [0.15, 0.2) is 109 Å². The minimum atomic E-state index is 0.0634. The van der Waals surface area contributed by atoms with Crippen LogP contribution in [-0.4, -0.2) is 11.7 Å². The molecule has 7 rings (SSSR count). The maximum atomic E-state index is 6.52. The number of aromatic nitrogens is 1. The molecule has 33 heavy (non-hydrogen) atoms. The van der Waals surface area contributed by atoms with Gasteiger partial charge in [-0.15, -0.1) is 0 Å². The molecule has 0 aliphatic carbocycles. The fraction of sp³-hybridized carbons (Fsp3) is 0. The second kappa shape index (κ2) is 7.11. The van der Waals surface area contributed by atoms with Crippen molar-refractivity contribution in [3.63, 3.8) is 0 Å². The van der Waals surface area contributed by atoms with Gasteiger partial charge < -0.3 is 9.47 Å². The predicted octanol–water partition coefficient (Wildman–Crippen LogP) is 5.14. The predicted molar refractivity (Wildman–Crippen MR) is 133 cm³/mol. The van der Waals surface area contributed by atoms with E-state index in [-0.39, 0.29) is 6.71 Å². The second-order valence-electron chi connectivity index (χ2n) is 8.36. The summed E-state index contributed by atoms with van der Waals surface area (Å²) < 4.78 is 12.7. The van der Waals surface area contributed by atoms with Crippen molar-refractivity contribution in [2.75, 3.05) is 0 Å². The number of para-hydroxylation sites is 2. The molecule has 1 aromatic heterocycles. The Kier molecular flexibility index (Phi) is 3.94. The van der Waals surface area contributed by atoms with E-state index in [0.29, 0.717) is 0 Å². The van der Waals surface area contributed by atoms with E-state index in [2.05, 4.69) is 54.6 Å². The number of benzene rings is 4. The van der Waals surface area contributed by atoms with Crippen LogP contribution >= 0.6 is 0 Å². The van der Waals surface area contributed by atoms with Gasteiger partial charge in [-0.3, -0.25) is 4.98 Å². The van der Waals surface area contributed by atoms with E-state index in [0.717, 1.165) is 61.8 Å². The van der Waals surface area contributed by atoms with Crippen molar-refractivity contribution in [2.45, 2.75) is 0 Å². The smallest absolute Gasteiger partial charge is 0.260 e. The molecule has 0 bridgehead atoms. The van der Waals surface area contributed by atoms with Gasteiger partial charge in [0.05, 0.1) is 5.69 Å². The third-order valence-corrected chi connectivity index (χ3v) is 6.48. The standard InChI is InChI=1S/C29H18BNO2/c1-2-8-19(9-3-1)20-16-17-24(31-18-20)21-10-6-12-23-29(21)33-27-15-7-14-26-28(27)30(23)22-11-4-5-13-25(22)32-26/h1-18H. The molecular weight excluding hydrogens is 405 g/mol. The molecule has 0 saturated carbocycles. The average molecular weight is 423 g/mol. The first-order valence-corrected chi connectivity index (χ1v) is 11.1. The summed E-state index contributed by atoms with van der Waals surface area (Å²) in [6.45, 7) is 0.0634. The van der Waals surface area contributed by atoms with E-state index in [4.69, 9.17) is 14.5 Å². The lowest BCUT2D eigenvalue weighted by molar-refractivity contribution is 0.465. The molecule has 154 valence electrons. The van der Waals surface area contributed by atoms with E-state index in [9.17, 15) is 0 Å². The summed E-state index contributed by atoms with van der Waals surface area (Å²) in [5.74, 6) is 3.46. The molecule has 0 fully saturated rings. The van der Waals surface area contributed by atoms with E-state index >= 15 is 0 Å². The van der Waals surface area contributed by atoms with Gasteiger partial charge in [-0.1, -0.05) is 72.8 Å². The summed E-state index contributed by atoms with van der Waals surface area (Å²) in [6.07, 6.45) is 1.93. The van der Waals surface area contributed by atoms with E-state index in [1.165, 1.54) is 0 Å². The number of rotatable bonds is 2. The molecule has 5 aromatic rings. The van der Waals surface area contributed by atoms with Crippen LogP contribution in [0.25, 0.3) is 22.4 Å². The molecule has 0 saturated heterocycles. The Balaban J connectivity index is 1.39. The number of pyridine rings is 1. The molecule has 0 radical (unpaired) electrons. The van der Waals surface area contributed by atoms with E-state index < -0.39 is 0 Å². The lowest BCUT2D eigenvalue weighted by Crippen LogP contribution is -2.57.